The highest BCUT2D eigenvalue weighted by atomic mass is 32.1. The minimum Gasteiger partial charge on any atom is -0.380 e. The number of benzene rings is 1. The van der Waals surface area contributed by atoms with Crippen molar-refractivity contribution < 1.29 is 4.39 Å². The molecule has 0 radical (unpaired) electrons. The van der Waals surface area contributed by atoms with Crippen LogP contribution in [0.4, 0.5) is 10.1 Å². The third-order valence-corrected chi connectivity index (χ3v) is 4.14. The highest BCUT2D eigenvalue weighted by molar-refractivity contribution is 7.14. The topological polar surface area (TPSA) is 24.1 Å². The standard InChI is InChI=1S/C14H15FN2S/c15-11-3-1-10(2-4-11)14-7-13(9-18-14)17-12-5-6-16-8-12/h1-4,7,9,12,16-17H,5-6,8H2. The van der Waals surface area contributed by atoms with E-state index in [4.69, 9.17) is 0 Å². The van der Waals surface area contributed by atoms with Crippen molar-refractivity contribution in [3.05, 3.63) is 41.5 Å². The highest BCUT2D eigenvalue weighted by Crippen LogP contribution is 2.30. The maximum Gasteiger partial charge on any atom is 0.123 e. The molecule has 0 amide bonds. The van der Waals surface area contributed by atoms with Crippen molar-refractivity contribution in [3.8, 4) is 10.4 Å². The van der Waals surface area contributed by atoms with Crippen LogP contribution in [-0.2, 0) is 0 Å². The third kappa shape index (κ3) is 2.54. The van der Waals surface area contributed by atoms with Gasteiger partial charge in [0.2, 0.25) is 0 Å². The van der Waals surface area contributed by atoms with Crippen molar-refractivity contribution in [1.29, 1.82) is 0 Å². The van der Waals surface area contributed by atoms with Crippen molar-refractivity contribution >= 4 is 17.0 Å². The summed E-state index contributed by atoms with van der Waals surface area (Å²) in [5.74, 6) is -0.189. The number of halogens is 1. The van der Waals surface area contributed by atoms with Crippen molar-refractivity contribution in [2.75, 3.05) is 18.4 Å². The third-order valence-electron chi connectivity index (χ3n) is 3.16. The Morgan fingerprint density at radius 3 is 2.83 bits per heavy atom. The molecular weight excluding hydrogens is 247 g/mol. The zero-order valence-electron chi connectivity index (χ0n) is 9.95. The molecule has 1 fully saturated rings. The van der Waals surface area contributed by atoms with Gasteiger partial charge < -0.3 is 10.6 Å². The van der Waals surface area contributed by atoms with Crippen LogP contribution in [0.3, 0.4) is 0 Å². The molecule has 2 heterocycles. The molecule has 0 bridgehead atoms. The fourth-order valence-corrected chi connectivity index (χ4v) is 3.05. The van der Waals surface area contributed by atoms with Gasteiger partial charge in [0.15, 0.2) is 0 Å². The van der Waals surface area contributed by atoms with Crippen molar-refractivity contribution in [2.24, 2.45) is 0 Å². The molecule has 3 rings (SSSR count). The molecule has 18 heavy (non-hydrogen) atoms. The van der Waals surface area contributed by atoms with Gasteiger partial charge in [-0.1, -0.05) is 12.1 Å². The number of rotatable bonds is 3. The van der Waals surface area contributed by atoms with Gasteiger partial charge in [-0.25, -0.2) is 4.39 Å². The molecule has 1 aromatic heterocycles. The predicted molar refractivity (Wildman–Crippen MR) is 74.6 cm³/mol. The second-order valence-corrected chi connectivity index (χ2v) is 5.45. The van der Waals surface area contributed by atoms with E-state index in [9.17, 15) is 4.39 Å². The molecule has 4 heteroatoms. The van der Waals surface area contributed by atoms with E-state index in [2.05, 4.69) is 22.1 Å². The Kier molecular flexibility index (Phi) is 3.30. The van der Waals surface area contributed by atoms with Crippen molar-refractivity contribution in [1.82, 2.24) is 5.32 Å². The summed E-state index contributed by atoms with van der Waals surface area (Å²) in [4.78, 5) is 1.17. The first kappa shape index (κ1) is 11.7. The summed E-state index contributed by atoms with van der Waals surface area (Å²) in [7, 11) is 0. The quantitative estimate of drug-likeness (QED) is 0.886. The molecule has 94 valence electrons. The van der Waals surface area contributed by atoms with Crippen LogP contribution in [0.2, 0.25) is 0 Å². The SMILES string of the molecule is Fc1ccc(-c2cc(NC3CCNC3)cs2)cc1. The van der Waals surface area contributed by atoms with Gasteiger partial charge in [0, 0.05) is 28.5 Å². The number of anilines is 1. The smallest absolute Gasteiger partial charge is 0.123 e. The molecule has 0 spiro atoms. The van der Waals surface area contributed by atoms with E-state index >= 15 is 0 Å². The summed E-state index contributed by atoms with van der Waals surface area (Å²) in [6.45, 7) is 2.12. The number of thiophene rings is 1. The maximum atomic E-state index is 12.9. The Morgan fingerprint density at radius 2 is 2.11 bits per heavy atom. The fourth-order valence-electron chi connectivity index (χ4n) is 2.19. The van der Waals surface area contributed by atoms with Crippen LogP contribution in [0.5, 0.6) is 0 Å². The summed E-state index contributed by atoms with van der Waals surface area (Å²) >= 11 is 1.69. The van der Waals surface area contributed by atoms with E-state index in [1.165, 1.54) is 23.4 Å². The van der Waals surface area contributed by atoms with E-state index in [-0.39, 0.29) is 5.82 Å². The maximum absolute atomic E-state index is 12.9. The number of hydrogen-bond acceptors (Lipinski definition) is 3. The average molecular weight is 262 g/mol. The lowest BCUT2D eigenvalue weighted by atomic mass is 10.2. The van der Waals surface area contributed by atoms with Gasteiger partial charge in [0.1, 0.15) is 5.82 Å². The molecule has 2 nitrogen and oxygen atoms in total. The first-order chi connectivity index (χ1) is 8.81. The Labute approximate surface area is 110 Å². The molecular formula is C14H15FN2S. The molecule has 0 saturated carbocycles. The Hall–Kier alpha value is -1.39. The minimum absolute atomic E-state index is 0.189. The van der Waals surface area contributed by atoms with E-state index in [1.807, 2.05) is 12.1 Å². The second-order valence-electron chi connectivity index (χ2n) is 4.54. The molecule has 2 N–H and O–H groups in total. The zero-order chi connectivity index (χ0) is 12.4. The van der Waals surface area contributed by atoms with Crippen LogP contribution in [-0.4, -0.2) is 19.1 Å². The van der Waals surface area contributed by atoms with Crippen LogP contribution in [0.15, 0.2) is 35.7 Å². The van der Waals surface area contributed by atoms with E-state index in [1.54, 1.807) is 11.3 Å². The van der Waals surface area contributed by atoms with Gasteiger partial charge in [-0.3, -0.25) is 0 Å². The van der Waals surface area contributed by atoms with Crippen LogP contribution in [0.25, 0.3) is 10.4 Å². The first-order valence-electron chi connectivity index (χ1n) is 6.13. The highest BCUT2D eigenvalue weighted by Gasteiger charge is 2.14. The largest absolute Gasteiger partial charge is 0.380 e. The minimum atomic E-state index is -0.189. The molecule has 1 atom stereocenters. The predicted octanol–water partition coefficient (Wildman–Crippen LogP) is 3.33. The molecule has 1 aliphatic rings. The lowest BCUT2D eigenvalue weighted by molar-refractivity contribution is 0.628. The Bertz CT molecular complexity index is 515. The van der Waals surface area contributed by atoms with E-state index in [0.29, 0.717) is 6.04 Å². The van der Waals surface area contributed by atoms with Crippen LogP contribution < -0.4 is 10.6 Å². The second kappa shape index (κ2) is 5.08. The molecule has 0 aliphatic carbocycles. The van der Waals surface area contributed by atoms with Crippen LogP contribution in [0.1, 0.15) is 6.42 Å². The number of hydrogen-bond donors (Lipinski definition) is 2. The summed E-state index contributed by atoms with van der Waals surface area (Å²) in [6, 6.07) is 9.31. The normalized spacial score (nSPS) is 19.1. The lowest BCUT2D eigenvalue weighted by Crippen LogP contribution is -2.21. The molecule has 1 unspecified atom stereocenters. The Morgan fingerprint density at radius 1 is 1.28 bits per heavy atom. The van der Waals surface area contributed by atoms with E-state index < -0.39 is 0 Å². The van der Waals surface area contributed by atoms with Gasteiger partial charge in [0.25, 0.3) is 0 Å². The van der Waals surface area contributed by atoms with E-state index in [0.717, 1.165) is 24.3 Å². The van der Waals surface area contributed by atoms with Gasteiger partial charge in [-0.05, 0) is 36.7 Å². The lowest BCUT2D eigenvalue weighted by Gasteiger charge is -2.10. The molecule has 1 aromatic carbocycles. The molecule has 2 aromatic rings. The van der Waals surface area contributed by atoms with Gasteiger partial charge >= 0.3 is 0 Å². The summed E-state index contributed by atoms with van der Waals surface area (Å²) in [5, 5.41) is 8.97. The monoisotopic (exact) mass is 262 g/mol. The zero-order valence-corrected chi connectivity index (χ0v) is 10.8. The van der Waals surface area contributed by atoms with Crippen LogP contribution >= 0.6 is 11.3 Å². The van der Waals surface area contributed by atoms with Gasteiger partial charge in [0.05, 0.1) is 0 Å². The fraction of sp³-hybridized carbons (Fsp3) is 0.286. The summed E-state index contributed by atoms with van der Waals surface area (Å²) in [6.07, 6.45) is 1.17. The Balaban J connectivity index is 1.74. The molecule has 1 aliphatic heterocycles. The summed E-state index contributed by atoms with van der Waals surface area (Å²) < 4.78 is 12.9. The number of nitrogens with one attached hydrogen (secondary N) is 2. The van der Waals surface area contributed by atoms with Crippen LogP contribution in [0, 0.1) is 5.82 Å². The van der Waals surface area contributed by atoms with Crippen molar-refractivity contribution in [3.63, 3.8) is 0 Å². The average Bonchev–Trinajstić information content (AvgIpc) is 3.02. The van der Waals surface area contributed by atoms with Gasteiger partial charge in [-0.2, -0.15) is 0 Å². The summed E-state index contributed by atoms with van der Waals surface area (Å²) in [5.41, 5.74) is 2.23. The molecule has 1 saturated heterocycles. The van der Waals surface area contributed by atoms with Crippen molar-refractivity contribution in [2.45, 2.75) is 12.5 Å². The first-order valence-corrected chi connectivity index (χ1v) is 7.01. The van der Waals surface area contributed by atoms with Gasteiger partial charge in [-0.15, -0.1) is 11.3 Å².